The molecule has 0 radical (unpaired) electrons. The molecule has 2 aromatic rings. The Balaban J connectivity index is 1.79. The molecule has 1 aromatic carbocycles. The van der Waals surface area contributed by atoms with Gasteiger partial charge in [-0.15, -0.1) is 0 Å². The molecule has 1 aliphatic rings. The van der Waals surface area contributed by atoms with E-state index in [0.717, 1.165) is 53.0 Å². The van der Waals surface area contributed by atoms with Crippen molar-refractivity contribution in [1.82, 2.24) is 15.1 Å². The minimum Gasteiger partial charge on any atom is -0.496 e. The SMILES string of the molecule is COc1c(C)cc(CN(C)C(=O)c2n[nH]c3c2CCC3)cc1C. The lowest BCUT2D eigenvalue weighted by atomic mass is 10.1. The van der Waals surface area contributed by atoms with E-state index in [-0.39, 0.29) is 5.91 Å². The third-order valence-electron chi connectivity index (χ3n) is 4.50. The van der Waals surface area contributed by atoms with Gasteiger partial charge in [0.1, 0.15) is 5.75 Å². The Morgan fingerprint density at radius 1 is 1.30 bits per heavy atom. The number of H-pyrrole nitrogens is 1. The number of benzene rings is 1. The summed E-state index contributed by atoms with van der Waals surface area (Å²) in [6.07, 6.45) is 3.04. The van der Waals surface area contributed by atoms with Crippen molar-refractivity contribution in [3.63, 3.8) is 0 Å². The van der Waals surface area contributed by atoms with Gasteiger partial charge in [-0.1, -0.05) is 12.1 Å². The van der Waals surface area contributed by atoms with E-state index in [1.54, 1.807) is 12.0 Å². The zero-order valence-corrected chi connectivity index (χ0v) is 14.2. The molecule has 0 unspecified atom stereocenters. The van der Waals surface area contributed by atoms with Gasteiger partial charge in [0.2, 0.25) is 0 Å². The quantitative estimate of drug-likeness (QED) is 0.944. The molecule has 1 aromatic heterocycles. The number of aromatic nitrogens is 2. The molecule has 0 spiro atoms. The number of hydrogen-bond donors (Lipinski definition) is 1. The van der Waals surface area contributed by atoms with E-state index >= 15 is 0 Å². The lowest BCUT2D eigenvalue weighted by Crippen LogP contribution is -2.27. The highest BCUT2D eigenvalue weighted by molar-refractivity contribution is 5.94. The maximum absolute atomic E-state index is 12.7. The molecule has 5 heteroatoms. The minimum atomic E-state index is -0.0180. The summed E-state index contributed by atoms with van der Waals surface area (Å²) in [6, 6.07) is 4.15. The van der Waals surface area contributed by atoms with Gasteiger partial charge in [-0.2, -0.15) is 5.10 Å². The van der Waals surface area contributed by atoms with Crippen LogP contribution in [-0.2, 0) is 19.4 Å². The van der Waals surface area contributed by atoms with E-state index in [1.165, 1.54) is 0 Å². The van der Waals surface area contributed by atoms with Crippen molar-refractivity contribution in [3.05, 3.63) is 45.8 Å². The van der Waals surface area contributed by atoms with Crippen LogP contribution in [0.25, 0.3) is 0 Å². The Bertz CT molecular complexity index is 726. The summed E-state index contributed by atoms with van der Waals surface area (Å²) in [4.78, 5) is 14.4. The second-order valence-electron chi connectivity index (χ2n) is 6.31. The van der Waals surface area contributed by atoms with Crippen LogP contribution in [0, 0.1) is 13.8 Å². The van der Waals surface area contributed by atoms with Crippen LogP contribution in [0.15, 0.2) is 12.1 Å². The first-order valence-electron chi connectivity index (χ1n) is 7.97. The van der Waals surface area contributed by atoms with Gasteiger partial charge in [-0.3, -0.25) is 9.89 Å². The number of aromatic amines is 1. The number of nitrogens with zero attached hydrogens (tertiary/aromatic N) is 2. The number of ether oxygens (including phenoxy) is 1. The Morgan fingerprint density at radius 2 is 2.00 bits per heavy atom. The fourth-order valence-electron chi connectivity index (χ4n) is 3.48. The fourth-order valence-corrected chi connectivity index (χ4v) is 3.48. The maximum atomic E-state index is 12.7. The molecule has 3 rings (SSSR count). The van der Waals surface area contributed by atoms with E-state index in [4.69, 9.17) is 4.74 Å². The number of carbonyl (C=O) groups is 1. The van der Waals surface area contributed by atoms with Crippen LogP contribution in [0.4, 0.5) is 0 Å². The number of rotatable bonds is 4. The molecule has 1 amide bonds. The van der Waals surface area contributed by atoms with Gasteiger partial charge in [0, 0.05) is 24.8 Å². The summed E-state index contributed by atoms with van der Waals surface area (Å²) in [5.41, 5.74) is 6.08. The molecular weight excluding hydrogens is 290 g/mol. The van der Waals surface area contributed by atoms with Crippen molar-refractivity contribution < 1.29 is 9.53 Å². The van der Waals surface area contributed by atoms with Crippen LogP contribution < -0.4 is 4.74 Å². The van der Waals surface area contributed by atoms with E-state index in [1.807, 2.05) is 20.9 Å². The highest BCUT2D eigenvalue weighted by atomic mass is 16.5. The molecule has 0 atom stereocenters. The fraction of sp³-hybridized carbons (Fsp3) is 0.444. The molecule has 1 heterocycles. The number of nitrogens with one attached hydrogen (secondary N) is 1. The van der Waals surface area contributed by atoms with Gasteiger partial charge >= 0.3 is 0 Å². The molecule has 0 fully saturated rings. The van der Waals surface area contributed by atoms with E-state index < -0.39 is 0 Å². The maximum Gasteiger partial charge on any atom is 0.274 e. The van der Waals surface area contributed by atoms with Crippen LogP contribution in [-0.4, -0.2) is 35.2 Å². The smallest absolute Gasteiger partial charge is 0.274 e. The summed E-state index contributed by atoms with van der Waals surface area (Å²) < 4.78 is 5.40. The average Bonchev–Trinajstić information content (AvgIpc) is 3.09. The number of aryl methyl sites for hydroxylation is 3. The Labute approximate surface area is 136 Å². The molecular formula is C18H23N3O2. The van der Waals surface area contributed by atoms with Crippen molar-refractivity contribution >= 4 is 5.91 Å². The predicted octanol–water partition coefficient (Wildman–Crippen LogP) is 2.80. The number of carbonyl (C=O) groups excluding carboxylic acids is 1. The van der Waals surface area contributed by atoms with Crippen LogP contribution in [0.3, 0.4) is 0 Å². The zero-order valence-electron chi connectivity index (χ0n) is 14.2. The van der Waals surface area contributed by atoms with E-state index in [9.17, 15) is 4.79 Å². The van der Waals surface area contributed by atoms with Gasteiger partial charge in [0.25, 0.3) is 5.91 Å². The standard InChI is InChI=1S/C18H23N3O2/c1-11-8-13(9-12(2)17(11)23-4)10-21(3)18(22)16-14-6-5-7-15(14)19-20-16/h8-9H,5-7,10H2,1-4H3,(H,19,20). The third kappa shape index (κ3) is 2.83. The zero-order chi connectivity index (χ0) is 16.6. The molecule has 0 aliphatic heterocycles. The first kappa shape index (κ1) is 15.6. The Hall–Kier alpha value is -2.30. The van der Waals surface area contributed by atoms with Crippen molar-refractivity contribution in [2.75, 3.05) is 14.2 Å². The first-order valence-corrected chi connectivity index (χ1v) is 7.97. The summed E-state index contributed by atoms with van der Waals surface area (Å²) in [5, 5.41) is 7.23. The van der Waals surface area contributed by atoms with Crippen LogP contribution in [0.5, 0.6) is 5.75 Å². The topological polar surface area (TPSA) is 58.2 Å². The summed E-state index contributed by atoms with van der Waals surface area (Å²) in [6.45, 7) is 4.61. The van der Waals surface area contributed by atoms with Gasteiger partial charge in [0.05, 0.1) is 7.11 Å². The molecule has 0 saturated carbocycles. The molecule has 0 saturated heterocycles. The first-order chi connectivity index (χ1) is 11.0. The number of amides is 1. The highest BCUT2D eigenvalue weighted by Crippen LogP contribution is 2.26. The van der Waals surface area contributed by atoms with Gasteiger partial charge in [0.15, 0.2) is 5.69 Å². The van der Waals surface area contributed by atoms with Crippen molar-refractivity contribution in [2.24, 2.45) is 0 Å². The molecule has 23 heavy (non-hydrogen) atoms. The summed E-state index contributed by atoms with van der Waals surface area (Å²) in [7, 11) is 3.51. The second kappa shape index (κ2) is 6.07. The van der Waals surface area contributed by atoms with E-state index in [0.29, 0.717) is 12.2 Å². The average molecular weight is 313 g/mol. The molecule has 122 valence electrons. The summed E-state index contributed by atoms with van der Waals surface area (Å²) in [5.74, 6) is 0.892. The third-order valence-corrected chi connectivity index (χ3v) is 4.50. The van der Waals surface area contributed by atoms with Crippen molar-refractivity contribution in [1.29, 1.82) is 0 Å². The Morgan fingerprint density at radius 3 is 2.65 bits per heavy atom. The van der Waals surface area contributed by atoms with Crippen LogP contribution in [0.2, 0.25) is 0 Å². The van der Waals surface area contributed by atoms with E-state index in [2.05, 4.69) is 22.3 Å². The van der Waals surface area contributed by atoms with Crippen LogP contribution in [0.1, 0.15) is 44.9 Å². The summed E-state index contributed by atoms with van der Waals surface area (Å²) >= 11 is 0. The number of hydrogen-bond acceptors (Lipinski definition) is 3. The number of fused-ring (bicyclic) bond motifs is 1. The monoisotopic (exact) mass is 313 g/mol. The number of methoxy groups -OCH3 is 1. The van der Waals surface area contributed by atoms with Crippen molar-refractivity contribution in [2.45, 2.75) is 39.7 Å². The van der Waals surface area contributed by atoms with Gasteiger partial charge < -0.3 is 9.64 Å². The lowest BCUT2D eigenvalue weighted by molar-refractivity contribution is 0.0778. The second-order valence-corrected chi connectivity index (χ2v) is 6.31. The highest BCUT2D eigenvalue weighted by Gasteiger charge is 2.25. The Kier molecular flexibility index (Phi) is 4.11. The molecule has 5 nitrogen and oxygen atoms in total. The van der Waals surface area contributed by atoms with Crippen LogP contribution >= 0.6 is 0 Å². The van der Waals surface area contributed by atoms with Gasteiger partial charge in [-0.05, 0) is 49.8 Å². The normalized spacial score (nSPS) is 13.0. The molecule has 1 N–H and O–H groups in total. The molecule has 0 bridgehead atoms. The van der Waals surface area contributed by atoms with Gasteiger partial charge in [-0.25, -0.2) is 0 Å². The molecule has 1 aliphatic carbocycles. The van der Waals surface area contributed by atoms with Crippen molar-refractivity contribution in [3.8, 4) is 5.75 Å². The minimum absolute atomic E-state index is 0.0180. The largest absolute Gasteiger partial charge is 0.496 e. The lowest BCUT2D eigenvalue weighted by Gasteiger charge is -2.18. The predicted molar refractivity (Wildman–Crippen MR) is 88.9 cm³/mol.